The van der Waals surface area contributed by atoms with Gasteiger partial charge in [-0.05, 0) is 55.5 Å². The Balaban J connectivity index is 1.60. The number of nitrogens with one attached hydrogen (secondary N) is 1. The molecule has 192 valence electrons. The Hall–Kier alpha value is -3.42. The average molecular weight is 494 g/mol. The molecule has 1 N–H and O–H groups in total. The highest BCUT2D eigenvalue weighted by Crippen LogP contribution is 2.41. The molecule has 3 heterocycles. The van der Waals surface area contributed by atoms with Crippen LogP contribution in [0, 0.1) is 11.8 Å². The highest BCUT2D eigenvalue weighted by molar-refractivity contribution is 6.05. The number of methoxy groups -OCH3 is 2. The van der Waals surface area contributed by atoms with Crippen LogP contribution in [0.2, 0.25) is 0 Å². The van der Waals surface area contributed by atoms with Crippen LogP contribution in [0.1, 0.15) is 56.3 Å². The number of carbonyl (C=O) groups is 2. The van der Waals surface area contributed by atoms with E-state index in [-0.39, 0.29) is 30.9 Å². The summed E-state index contributed by atoms with van der Waals surface area (Å²) < 4.78 is 18.7. The zero-order valence-corrected chi connectivity index (χ0v) is 21.7. The van der Waals surface area contributed by atoms with Crippen LogP contribution in [-0.4, -0.2) is 47.1 Å². The van der Waals surface area contributed by atoms with Gasteiger partial charge >= 0.3 is 0 Å². The maximum Gasteiger partial charge on any atom is 0.271 e. The van der Waals surface area contributed by atoms with E-state index in [0.29, 0.717) is 34.8 Å². The predicted molar refractivity (Wildman–Crippen MR) is 136 cm³/mol. The lowest BCUT2D eigenvalue weighted by atomic mass is 9.77. The van der Waals surface area contributed by atoms with Gasteiger partial charge in [-0.25, -0.2) is 0 Å². The molecule has 0 spiro atoms. The first-order chi connectivity index (χ1) is 17.3. The van der Waals surface area contributed by atoms with E-state index in [9.17, 15) is 9.59 Å². The summed E-state index contributed by atoms with van der Waals surface area (Å²) in [6, 6.07) is 9.19. The Morgan fingerprint density at radius 2 is 1.92 bits per heavy atom. The predicted octanol–water partition coefficient (Wildman–Crippen LogP) is 4.61. The van der Waals surface area contributed by atoms with E-state index in [4.69, 9.17) is 13.9 Å². The number of nitrogens with zero attached hydrogens (tertiary/aromatic N) is 2. The maximum absolute atomic E-state index is 14.1. The zero-order valence-electron chi connectivity index (χ0n) is 21.7. The van der Waals surface area contributed by atoms with Crippen molar-refractivity contribution in [1.29, 1.82) is 0 Å². The van der Waals surface area contributed by atoms with E-state index < -0.39 is 5.54 Å². The lowest BCUT2D eigenvalue weighted by Gasteiger charge is -2.45. The number of ether oxygens (including phenoxy) is 2. The highest BCUT2D eigenvalue weighted by Gasteiger charge is 2.49. The minimum atomic E-state index is -1.14. The third-order valence-corrected chi connectivity index (χ3v) is 8.35. The maximum atomic E-state index is 14.1. The van der Waals surface area contributed by atoms with Crippen molar-refractivity contribution in [3.8, 4) is 11.5 Å². The second-order valence-electron chi connectivity index (χ2n) is 10.4. The van der Waals surface area contributed by atoms with Gasteiger partial charge in [0.2, 0.25) is 5.91 Å². The molecule has 1 fully saturated rings. The van der Waals surface area contributed by atoms with E-state index in [1.807, 2.05) is 35.8 Å². The number of amides is 2. The number of furan rings is 1. The van der Waals surface area contributed by atoms with Gasteiger partial charge in [0.15, 0.2) is 0 Å². The van der Waals surface area contributed by atoms with Crippen molar-refractivity contribution in [3.63, 3.8) is 0 Å². The van der Waals surface area contributed by atoms with Crippen molar-refractivity contribution in [3.05, 3.63) is 48.0 Å². The van der Waals surface area contributed by atoms with Gasteiger partial charge in [-0.15, -0.1) is 0 Å². The molecule has 1 aliphatic carbocycles. The third-order valence-electron chi connectivity index (χ3n) is 8.35. The van der Waals surface area contributed by atoms with Gasteiger partial charge in [0.05, 0.1) is 39.1 Å². The molecule has 36 heavy (non-hydrogen) atoms. The molecule has 5 rings (SSSR count). The summed E-state index contributed by atoms with van der Waals surface area (Å²) in [6.45, 7) is 6.78. The van der Waals surface area contributed by atoms with E-state index in [1.165, 1.54) is 6.42 Å². The number of aromatic nitrogens is 1. The Morgan fingerprint density at radius 3 is 2.61 bits per heavy atom. The van der Waals surface area contributed by atoms with Gasteiger partial charge in [-0.2, -0.15) is 0 Å². The summed E-state index contributed by atoms with van der Waals surface area (Å²) in [5.74, 6) is 2.43. The van der Waals surface area contributed by atoms with E-state index >= 15 is 0 Å². The summed E-state index contributed by atoms with van der Waals surface area (Å²) >= 11 is 0. The van der Waals surface area contributed by atoms with Crippen LogP contribution in [0.3, 0.4) is 0 Å². The fourth-order valence-electron chi connectivity index (χ4n) is 5.87. The van der Waals surface area contributed by atoms with Crippen LogP contribution in [0.15, 0.2) is 41.0 Å². The topological polar surface area (TPSA) is 85.9 Å². The molecule has 3 aromatic rings. The second-order valence-corrected chi connectivity index (χ2v) is 10.4. The standard InChI is InChI=1S/C28H35N3O5/c1-17-8-6-10-21(18(17)2)29-27(33)28(3)16-30-22(26(32)31(28)15-19-9-7-13-36-19)14-20-23(34-4)11-12-24(35-5)25(20)30/h7,9,11-14,17-18,21H,6,8,10,15-16H2,1-5H3,(H,29,33)/t17-,18-,21+,28+/m0/s1. The summed E-state index contributed by atoms with van der Waals surface area (Å²) in [5, 5.41) is 4.10. The summed E-state index contributed by atoms with van der Waals surface area (Å²) in [6.07, 6.45) is 4.79. The lowest BCUT2D eigenvalue weighted by Crippen LogP contribution is -2.65. The van der Waals surface area contributed by atoms with Crippen LogP contribution < -0.4 is 14.8 Å². The minimum absolute atomic E-state index is 0.0797. The molecule has 2 aliphatic rings. The largest absolute Gasteiger partial charge is 0.496 e. The third kappa shape index (κ3) is 3.83. The summed E-state index contributed by atoms with van der Waals surface area (Å²) in [5.41, 5.74) is 0.0953. The number of carbonyl (C=O) groups excluding carboxylic acids is 2. The normalized spacial score (nSPS) is 26.1. The first-order valence-electron chi connectivity index (χ1n) is 12.7. The molecule has 1 aliphatic heterocycles. The summed E-state index contributed by atoms with van der Waals surface area (Å²) in [7, 11) is 3.21. The Labute approximate surface area is 211 Å². The SMILES string of the molecule is COc1ccc(OC)c2c1cc1n2C[C@](C)(C(=O)N[C@@H]2CCC[C@H](C)[C@@H]2C)N(Cc2ccco2)C1=O. The van der Waals surface area contributed by atoms with Gasteiger partial charge in [0.25, 0.3) is 5.91 Å². The molecule has 2 aromatic heterocycles. The average Bonchev–Trinajstić information content (AvgIpc) is 3.52. The molecule has 0 unspecified atom stereocenters. The van der Waals surface area contributed by atoms with Crippen molar-refractivity contribution in [2.24, 2.45) is 11.8 Å². The molecule has 0 bridgehead atoms. The van der Waals surface area contributed by atoms with Crippen molar-refractivity contribution in [2.75, 3.05) is 14.2 Å². The zero-order chi connectivity index (χ0) is 25.6. The Morgan fingerprint density at radius 1 is 1.17 bits per heavy atom. The van der Waals surface area contributed by atoms with Crippen LogP contribution in [0.5, 0.6) is 11.5 Å². The molecule has 0 saturated heterocycles. The van der Waals surface area contributed by atoms with Crippen molar-refractivity contribution in [2.45, 2.75) is 64.7 Å². The highest BCUT2D eigenvalue weighted by atomic mass is 16.5. The minimum Gasteiger partial charge on any atom is -0.496 e. The molecule has 0 radical (unpaired) electrons. The molecular weight excluding hydrogens is 458 g/mol. The number of hydrogen-bond donors (Lipinski definition) is 1. The molecule has 8 nitrogen and oxygen atoms in total. The number of benzene rings is 1. The van der Waals surface area contributed by atoms with Crippen LogP contribution in [-0.2, 0) is 17.9 Å². The molecule has 1 saturated carbocycles. The number of rotatable bonds is 6. The van der Waals surface area contributed by atoms with Crippen molar-refractivity contribution >= 4 is 22.7 Å². The summed E-state index contributed by atoms with van der Waals surface area (Å²) in [4.78, 5) is 29.8. The molecule has 4 atom stereocenters. The smallest absolute Gasteiger partial charge is 0.271 e. The molecule has 1 aromatic carbocycles. The molecule has 8 heteroatoms. The van der Waals surface area contributed by atoms with Gasteiger partial charge < -0.3 is 28.7 Å². The second kappa shape index (κ2) is 9.22. The quantitative estimate of drug-likeness (QED) is 0.542. The lowest BCUT2D eigenvalue weighted by molar-refractivity contribution is -0.134. The van der Waals surface area contributed by atoms with Gasteiger partial charge in [-0.3, -0.25) is 9.59 Å². The van der Waals surface area contributed by atoms with Crippen LogP contribution in [0.4, 0.5) is 0 Å². The van der Waals surface area contributed by atoms with Crippen molar-refractivity contribution in [1.82, 2.24) is 14.8 Å². The van der Waals surface area contributed by atoms with Gasteiger partial charge in [0, 0.05) is 11.4 Å². The first-order valence-corrected chi connectivity index (χ1v) is 12.7. The Bertz CT molecular complexity index is 1280. The fraction of sp³-hybridized carbons (Fsp3) is 0.500. The van der Waals surface area contributed by atoms with Crippen molar-refractivity contribution < 1.29 is 23.5 Å². The molecular formula is C28H35N3O5. The van der Waals surface area contributed by atoms with Gasteiger partial charge in [-0.1, -0.05) is 26.7 Å². The fourth-order valence-corrected chi connectivity index (χ4v) is 5.87. The number of hydrogen-bond acceptors (Lipinski definition) is 5. The monoisotopic (exact) mass is 493 g/mol. The van der Waals surface area contributed by atoms with E-state index in [2.05, 4.69) is 19.2 Å². The van der Waals surface area contributed by atoms with Crippen LogP contribution >= 0.6 is 0 Å². The van der Waals surface area contributed by atoms with Gasteiger partial charge in [0.1, 0.15) is 28.5 Å². The Kier molecular flexibility index (Phi) is 6.22. The molecule has 2 amide bonds. The van der Waals surface area contributed by atoms with E-state index in [0.717, 1.165) is 23.7 Å². The number of fused-ring (bicyclic) bond motifs is 3. The van der Waals surface area contributed by atoms with Crippen LogP contribution in [0.25, 0.3) is 10.9 Å². The first kappa shape index (κ1) is 24.3. The van der Waals surface area contributed by atoms with E-state index in [1.54, 1.807) is 31.4 Å².